The van der Waals surface area contributed by atoms with Crippen LogP contribution in [0.25, 0.3) is 105 Å². The quantitative estimate of drug-likeness (QED) is 0.152. The summed E-state index contributed by atoms with van der Waals surface area (Å²) >= 11 is 0. The Balaban J connectivity index is 0.874. The molecule has 1 unspecified atom stereocenters. The van der Waals surface area contributed by atoms with Crippen molar-refractivity contribution in [2.75, 3.05) is 9.80 Å². The number of nitrogens with zero attached hydrogens (tertiary/aromatic N) is 2. The summed E-state index contributed by atoms with van der Waals surface area (Å²) in [6.07, 6.45) is 5.48. The molecule has 344 valence electrons. The van der Waals surface area contributed by atoms with Crippen LogP contribution in [0.15, 0.2) is 256 Å². The van der Waals surface area contributed by atoms with Gasteiger partial charge in [-0.05, 0) is 123 Å². The van der Waals surface area contributed by atoms with E-state index in [0.29, 0.717) is 0 Å². The summed E-state index contributed by atoms with van der Waals surface area (Å²) < 4.78 is 20.2. The van der Waals surface area contributed by atoms with E-state index >= 15 is 0 Å². The van der Waals surface area contributed by atoms with Gasteiger partial charge in [-0.25, -0.2) is 0 Å². The van der Waals surface area contributed by atoms with Crippen molar-refractivity contribution in [2.24, 2.45) is 0 Å². The molecule has 15 rings (SSSR count). The van der Waals surface area contributed by atoms with Crippen LogP contribution in [-0.4, -0.2) is 6.04 Å². The van der Waals surface area contributed by atoms with E-state index in [1.54, 1.807) is 0 Å². The van der Waals surface area contributed by atoms with Crippen molar-refractivity contribution in [1.82, 2.24) is 0 Å². The monoisotopic (exact) mass is 936 g/mol. The zero-order valence-corrected chi connectivity index (χ0v) is 39.6. The third-order valence-electron chi connectivity index (χ3n) is 14.9. The van der Waals surface area contributed by atoms with Gasteiger partial charge < -0.3 is 23.1 Å². The Bertz CT molecular complexity index is 4500. The molecule has 0 N–H and O–H groups in total. The molecule has 5 nitrogen and oxygen atoms in total. The van der Waals surface area contributed by atoms with Gasteiger partial charge in [-0.1, -0.05) is 176 Å². The molecule has 3 heterocycles. The van der Waals surface area contributed by atoms with Crippen LogP contribution in [-0.2, 0) is 6.42 Å². The van der Waals surface area contributed by atoms with E-state index < -0.39 is 0 Å². The normalized spacial score (nSPS) is 13.5. The molecule has 0 spiro atoms. The first-order valence-corrected chi connectivity index (χ1v) is 25.0. The van der Waals surface area contributed by atoms with Gasteiger partial charge in [0.25, 0.3) is 0 Å². The van der Waals surface area contributed by atoms with Gasteiger partial charge in [0.1, 0.15) is 22.3 Å². The second kappa shape index (κ2) is 16.5. The Labute approximate surface area is 420 Å². The van der Waals surface area contributed by atoms with Crippen molar-refractivity contribution < 1.29 is 13.3 Å². The zero-order valence-electron chi connectivity index (χ0n) is 39.6. The Morgan fingerprint density at radius 1 is 0.356 bits per heavy atom. The lowest BCUT2D eigenvalue weighted by Gasteiger charge is -2.34. The van der Waals surface area contributed by atoms with Gasteiger partial charge in [0.15, 0.2) is 11.2 Å². The average Bonchev–Trinajstić information content (AvgIpc) is 4.17. The number of para-hydroxylation sites is 4. The molecule has 1 aliphatic carbocycles. The number of anilines is 5. The SMILES string of the molecule is C1=CC(N(c2cccc(-c3ccccc3)c2)c2cccc3c2oc2ccccc23)Cc2ccc3oc4ccc5cc(N(c6cccc(-c7ccccc7)c6)c6cccc7c6oc6ccccc67)ccc5c4c3c21. The van der Waals surface area contributed by atoms with Gasteiger partial charge in [-0.15, -0.1) is 0 Å². The first-order chi connectivity index (χ1) is 36.2. The molecule has 73 heavy (non-hydrogen) atoms. The maximum atomic E-state index is 6.74. The summed E-state index contributed by atoms with van der Waals surface area (Å²) in [4.78, 5) is 4.81. The number of hydrogen-bond acceptors (Lipinski definition) is 5. The number of furan rings is 3. The lowest BCUT2D eigenvalue weighted by Crippen LogP contribution is -2.33. The Kier molecular flexibility index (Phi) is 9.32. The van der Waals surface area contributed by atoms with Crippen LogP contribution in [0.2, 0.25) is 0 Å². The summed E-state index contributed by atoms with van der Waals surface area (Å²) in [5.74, 6) is 0. The fraction of sp³-hybridized carbons (Fsp3) is 0.0294. The van der Waals surface area contributed by atoms with E-state index in [1.807, 2.05) is 18.2 Å². The highest BCUT2D eigenvalue weighted by Crippen LogP contribution is 2.47. The molecule has 0 aliphatic heterocycles. The highest BCUT2D eigenvalue weighted by Gasteiger charge is 2.29. The second-order valence-corrected chi connectivity index (χ2v) is 19.1. The summed E-state index contributed by atoms with van der Waals surface area (Å²) in [6, 6.07) is 84.1. The molecular formula is C68H44N2O3. The summed E-state index contributed by atoms with van der Waals surface area (Å²) in [5, 5.41) is 8.92. The van der Waals surface area contributed by atoms with Crippen LogP contribution in [0, 0.1) is 0 Å². The summed E-state index contributed by atoms with van der Waals surface area (Å²) in [7, 11) is 0. The van der Waals surface area contributed by atoms with Gasteiger partial charge in [0, 0.05) is 49.4 Å². The van der Waals surface area contributed by atoms with Crippen LogP contribution in [0.4, 0.5) is 28.4 Å². The van der Waals surface area contributed by atoms with E-state index in [-0.39, 0.29) is 6.04 Å². The number of rotatable bonds is 8. The lowest BCUT2D eigenvalue weighted by molar-refractivity contribution is 0.663. The van der Waals surface area contributed by atoms with E-state index in [2.05, 4.69) is 240 Å². The van der Waals surface area contributed by atoms with Gasteiger partial charge in [0.05, 0.1) is 17.4 Å². The molecule has 1 aliphatic rings. The van der Waals surface area contributed by atoms with E-state index in [4.69, 9.17) is 13.3 Å². The Hall–Kier alpha value is -9.58. The predicted molar refractivity (Wildman–Crippen MR) is 303 cm³/mol. The first kappa shape index (κ1) is 41.2. The van der Waals surface area contributed by atoms with Gasteiger partial charge in [-0.2, -0.15) is 0 Å². The van der Waals surface area contributed by atoms with Crippen molar-refractivity contribution in [3.05, 3.63) is 254 Å². The first-order valence-electron chi connectivity index (χ1n) is 25.0. The highest BCUT2D eigenvalue weighted by molar-refractivity contribution is 6.22. The number of benzene rings is 11. The molecule has 0 radical (unpaired) electrons. The van der Waals surface area contributed by atoms with Crippen molar-refractivity contribution in [1.29, 1.82) is 0 Å². The maximum absolute atomic E-state index is 6.74. The van der Waals surface area contributed by atoms with E-state index in [9.17, 15) is 0 Å². The highest BCUT2D eigenvalue weighted by atomic mass is 16.3. The number of fused-ring (bicyclic) bond motifs is 13. The van der Waals surface area contributed by atoms with Crippen LogP contribution in [0.5, 0.6) is 0 Å². The molecule has 0 amide bonds. The van der Waals surface area contributed by atoms with Gasteiger partial charge >= 0.3 is 0 Å². The van der Waals surface area contributed by atoms with Crippen molar-refractivity contribution in [3.63, 3.8) is 0 Å². The molecule has 5 heteroatoms. The molecule has 1 atom stereocenters. The Morgan fingerprint density at radius 2 is 0.904 bits per heavy atom. The van der Waals surface area contributed by atoms with Crippen LogP contribution >= 0.6 is 0 Å². The zero-order chi connectivity index (χ0) is 48.0. The van der Waals surface area contributed by atoms with Crippen molar-refractivity contribution in [3.8, 4) is 22.3 Å². The summed E-state index contributed by atoms with van der Waals surface area (Å²) in [6.45, 7) is 0. The molecule has 0 saturated carbocycles. The van der Waals surface area contributed by atoms with Crippen LogP contribution < -0.4 is 9.80 Å². The predicted octanol–water partition coefficient (Wildman–Crippen LogP) is 19.1. The summed E-state index contributed by atoms with van der Waals surface area (Å²) in [5.41, 5.74) is 17.5. The molecule has 3 aromatic heterocycles. The smallest absolute Gasteiger partial charge is 0.159 e. The van der Waals surface area contributed by atoms with Crippen molar-refractivity contribution >= 4 is 111 Å². The number of hydrogen-bond donors (Lipinski definition) is 0. The molecule has 0 saturated heterocycles. The second-order valence-electron chi connectivity index (χ2n) is 19.1. The third-order valence-corrected chi connectivity index (χ3v) is 14.9. The average molecular weight is 937 g/mol. The maximum Gasteiger partial charge on any atom is 0.159 e. The van der Waals surface area contributed by atoms with Crippen molar-refractivity contribution in [2.45, 2.75) is 12.5 Å². The minimum Gasteiger partial charge on any atom is -0.456 e. The minimum absolute atomic E-state index is 0.0187. The lowest BCUT2D eigenvalue weighted by atomic mass is 9.88. The topological polar surface area (TPSA) is 45.9 Å². The fourth-order valence-corrected chi connectivity index (χ4v) is 11.6. The minimum atomic E-state index is -0.0187. The molecule has 0 bridgehead atoms. The van der Waals surface area contributed by atoms with E-state index in [0.717, 1.165) is 128 Å². The standard InChI is InChI=1S/C68H44N2O3/c1-3-15-43(16-4-1)45-19-11-21-49(39-45)69(59-27-13-25-57-55-23-7-9-29-61(55)72-67(57)59)51-33-35-53-47(41-51)31-37-63-65(53)66-54-36-34-52(42-48(54)32-38-64(66)71-63)70(50-22-12-20-46(40-50)44-17-5-2-6-18-44)60-28-14-26-58-56-24-8-10-30-62(56)73-68(58)60/h1-41,52H,42H2. The van der Waals surface area contributed by atoms with Gasteiger partial charge in [-0.3, -0.25) is 0 Å². The fourth-order valence-electron chi connectivity index (χ4n) is 11.6. The molecular weight excluding hydrogens is 893 g/mol. The Morgan fingerprint density at radius 3 is 1.62 bits per heavy atom. The largest absolute Gasteiger partial charge is 0.456 e. The van der Waals surface area contributed by atoms with Gasteiger partial charge in [0.2, 0.25) is 0 Å². The van der Waals surface area contributed by atoms with Crippen LogP contribution in [0.1, 0.15) is 11.1 Å². The molecule has 0 fully saturated rings. The molecule has 14 aromatic rings. The molecule has 11 aromatic carbocycles. The van der Waals surface area contributed by atoms with Crippen LogP contribution in [0.3, 0.4) is 0 Å². The third kappa shape index (κ3) is 6.70. The van der Waals surface area contributed by atoms with E-state index in [1.165, 1.54) is 16.7 Å².